The van der Waals surface area contributed by atoms with E-state index in [1.165, 1.54) is 10.9 Å². The van der Waals surface area contributed by atoms with Gasteiger partial charge in [-0.25, -0.2) is 4.68 Å². The van der Waals surface area contributed by atoms with E-state index in [9.17, 15) is 15.2 Å². The maximum atomic E-state index is 10.9. The third kappa shape index (κ3) is 2.44. The summed E-state index contributed by atoms with van der Waals surface area (Å²) < 4.78 is 1.46. The highest BCUT2D eigenvalue weighted by Crippen LogP contribution is 2.28. The van der Waals surface area contributed by atoms with Crippen molar-refractivity contribution < 1.29 is 10.0 Å². The van der Waals surface area contributed by atoms with Crippen molar-refractivity contribution in [3.05, 3.63) is 16.3 Å². The van der Waals surface area contributed by atoms with E-state index in [1.807, 2.05) is 0 Å². The molecule has 1 aliphatic rings. The molecule has 0 amide bonds. The van der Waals surface area contributed by atoms with Gasteiger partial charge in [0.25, 0.3) is 0 Å². The SMILES string of the molecule is Cn1ncc([N+](=O)[O-])c1N1CC[C@@H](N)C[C@@H](O)C1. The molecular formula is C10H17N5O3. The van der Waals surface area contributed by atoms with Gasteiger partial charge >= 0.3 is 5.69 Å². The molecule has 0 radical (unpaired) electrons. The smallest absolute Gasteiger partial charge is 0.331 e. The first-order chi connectivity index (χ1) is 8.49. The molecule has 3 N–H and O–H groups in total. The van der Waals surface area contributed by atoms with Gasteiger partial charge in [-0.2, -0.15) is 5.10 Å². The molecule has 8 nitrogen and oxygen atoms in total. The van der Waals surface area contributed by atoms with Crippen LogP contribution in [0.4, 0.5) is 11.5 Å². The monoisotopic (exact) mass is 255 g/mol. The summed E-state index contributed by atoms with van der Waals surface area (Å²) >= 11 is 0. The summed E-state index contributed by atoms with van der Waals surface area (Å²) in [5, 5.41) is 24.7. The fourth-order valence-electron chi connectivity index (χ4n) is 2.32. The zero-order valence-electron chi connectivity index (χ0n) is 10.2. The number of nitrogens with zero attached hydrogens (tertiary/aromatic N) is 4. The Morgan fingerprint density at radius 2 is 2.39 bits per heavy atom. The normalized spacial score (nSPS) is 24.9. The second-order valence-corrected chi connectivity index (χ2v) is 4.62. The largest absolute Gasteiger partial charge is 0.391 e. The number of aromatic nitrogens is 2. The predicted octanol–water partition coefficient (Wildman–Crippen LogP) is -0.383. The lowest BCUT2D eigenvalue weighted by Crippen LogP contribution is -2.32. The molecule has 0 bridgehead atoms. The molecule has 0 aromatic carbocycles. The summed E-state index contributed by atoms with van der Waals surface area (Å²) in [6.07, 6.45) is 1.87. The Bertz CT molecular complexity index is 447. The van der Waals surface area contributed by atoms with Crippen molar-refractivity contribution in [1.29, 1.82) is 0 Å². The molecule has 18 heavy (non-hydrogen) atoms. The van der Waals surface area contributed by atoms with Crippen LogP contribution in [0.1, 0.15) is 12.8 Å². The zero-order chi connectivity index (χ0) is 13.3. The van der Waals surface area contributed by atoms with Crippen LogP contribution in [0.5, 0.6) is 0 Å². The van der Waals surface area contributed by atoms with Crippen molar-refractivity contribution in [1.82, 2.24) is 9.78 Å². The first-order valence-electron chi connectivity index (χ1n) is 5.84. The van der Waals surface area contributed by atoms with Gasteiger partial charge in [-0.3, -0.25) is 10.1 Å². The number of aliphatic hydroxyl groups is 1. The number of hydrogen-bond donors (Lipinski definition) is 2. The number of hydrogen-bond acceptors (Lipinski definition) is 6. The molecule has 2 heterocycles. The lowest BCUT2D eigenvalue weighted by Gasteiger charge is -2.23. The number of nitrogens with two attached hydrogens (primary N) is 1. The minimum atomic E-state index is -0.572. The highest BCUT2D eigenvalue weighted by atomic mass is 16.6. The number of β-amino-alcohol motifs (C(OH)–C–C–N with tert-alkyl or cyclic N) is 1. The van der Waals surface area contributed by atoms with E-state index in [0.29, 0.717) is 31.7 Å². The molecule has 0 saturated carbocycles. The summed E-state index contributed by atoms with van der Waals surface area (Å²) in [7, 11) is 1.65. The molecule has 2 atom stereocenters. The van der Waals surface area contributed by atoms with Gasteiger partial charge in [0, 0.05) is 26.2 Å². The van der Waals surface area contributed by atoms with Crippen LogP contribution < -0.4 is 10.6 Å². The van der Waals surface area contributed by atoms with Crippen LogP contribution in [0.15, 0.2) is 6.20 Å². The molecule has 2 rings (SSSR count). The molecule has 8 heteroatoms. The quantitative estimate of drug-likeness (QED) is 0.550. The van der Waals surface area contributed by atoms with Crippen LogP contribution in [0.3, 0.4) is 0 Å². The summed E-state index contributed by atoms with van der Waals surface area (Å²) in [6, 6.07) is -0.0720. The molecule has 100 valence electrons. The maximum Gasteiger partial charge on any atom is 0.331 e. The minimum absolute atomic E-state index is 0.0415. The van der Waals surface area contributed by atoms with Gasteiger partial charge in [-0.05, 0) is 12.8 Å². The second-order valence-electron chi connectivity index (χ2n) is 4.62. The van der Waals surface area contributed by atoms with Crippen LogP contribution in [0.25, 0.3) is 0 Å². The van der Waals surface area contributed by atoms with Crippen molar-refractivity contribution in [2.45, 2.75) is 25.0 Å². The Morgan fingerprint density at radius 1 is 1.67 bits per heavy atom. The van der Waals surface area contributed by atoms with Gasteiger partial charge in [-0.15, -0.1) is 0 Å². The zero-order valence-corrected chi connectivity index (χ0v) is 10.2. The van der Waals surface area contributed by atoms with E-state index >= 15 is 0 Å². The molecule has 1 aliphatic heterocycles. The summed E-state index contributed by atoms with van der Waals surface area (Å²) in [5.74, 6) is 0.424. The van der Waals surface area contributed by atoms with Gasteiger partial charge < -0.3 is 15.7 Å². The summed E-state index contributed by atoms with van der Waals surface area (Å²) in [5.41, 5.74) is 5.79. The van der Waals surface area contributed by atoms with E-state index in [4.69, 9.17) is 5.73 Å². The van der Waals surface area contributed by atoms with E-state index in [-0.39, 0.29) is 11.7 Å². The van der Waals surface area contributed by atoms with Crippen LogP contribution >= 0.6 is 0 Å². The number of aliphatic hydroxyl groups excluding tert-OH is 1. The van der Waals surface area contributed by atoms with E-state index in [2.05, 4.69) is 5.10 Å². The minimum Gasteiger partial charge on any atom is -0.391 e. The fraction of sp³-hybridized carbons (Fsp3) is 0.700. The third-order valence-electron chi connectivity index (χ3n) is 3.16. The number of aryl methyl sites for hydroxylation is 1. The summed E-state index contributed by atoms with van der Waals surface area (Å²) in [6.45, 7) is 0.923. The topological polar surface area (TPSA) is 110 Å². The Balaban J connectivity index is 2.30. The molecule has 1 aromatic rings. The van der Waals surface area contributed by atoms with Crippen molar-refractivity contribution in [2.75, 3.05) is 18.0 Å². The van der Waals surface area contributed by atoms with E-state index in [1.54, 1.807) is 11.9 Å². The maximum absolute atomic E-state index is 10.9. The predicted molar refractivity (Wildman–Crippen MR) is 65.3 cm³/mol. The molecule has 1 aromatic heterocycles. The van der Waals surface area contributed by atoms with Crippen LogP contribution in [0.2, 0.25) is 0 Å². The van der Waals surface area contributed by atoms with Crippen molar-refractivity contribution >= 4 is 11.5 Å². The first-order valence-corrected chi connectivity index (χ1v) is 5.84. The fourth-order valence-corrected chi connectivity index (χ4v) is 2.32. The van der Waals surface area contributed by atoms with Crippen molar-refractivity contribution in [3.8, 4) is 0 Å². The molecule has 0 spiro atoms. The van der Waals surface area contributed by atoms with E-state index in [0.717, 1.165) is 0 Å². The highest BCUT2D eigenvalue weighted by Gasteiger charge is 2.28. The standard InChI is InChI=1S/C10H17N5O3/c1-13-10(9(5-12-13)15(17)18)14-3-2-7(11)4-8(16)6-14/h5,7-8,16H,2-4,6,11H2,1H3/t7-,8-/m1/s1. The van der Waals surface area contributed by atoms with Crippen LogP contribution in [-0.4, -0.2) is 45.0 Å². The Morgan fingerprint density at radius 3 is 3.06 bits per heavy atom. The van der Waals surface area contributed by atoms with Gasteiger partial charge in [0.2, 0.25) is 5.82 Å². The summed E-state index contributed by atoms with van der Waals surface area (Å²) in [4.78, 5) is 12.3. The molecular weight excluding hydrogens is 238 g/mol. The average Bonchev–Trinajstić information content (AvgIpc) is 2.58. The Kier molecular flexibility index (Phi) is 3.48. The third-order valence-corrected chi connectivity index (χ3v) is 3.16. The molecule has 0 aliphatic carbocycles. The highest BCUT2D eigenvalue weighted by molar-refractivity contribution is 5.57. The van der Waals surface area contributed by atoms with Crippen LogP contribution in [0, 0.1) is 10.1 Å². The first kappa shape index (κ1) is 12.8. The van der Waals surface area contributed by atoms with Crippen molar-refractivity contribution in [3.63, 3.8) is 0 Å². The number of anilines is 1. The Labute approximate surface area is 104 Å². The van der Waals surface area contributed by atoms with E-state index < -0.39 is 11.0 Å². The second kappa shape index (κ2) is 4.91. The van der Waals surface area contributed by atoms with Gasteiger partial charge in [0.05, 0.1) is 11.0 Å². The number of rotatable bonds is 2. The molecule has 1 fully saturated rings. The Hall–Kier alpha value is -1.67. The lowest BCUT2D eigenvalue weighted by atomic mass is 10.1. The van der Waals surface area contributed by atoms with Gasteiger partial charge in [-0.1, -0.05) is 0 Å². The van der Waals surface area contributed by atoms with Crippen molar-refractivity contribution in [2.24, 2.45) is 12.8 Å². The molecule has 1 saturated heterocycles. The van der Waals surface area contributed by atoms with Gasteiger partial charge in [0.1, 0.15) is 6.20 Å². The lowest BCUT2D eigenvalue weighted by molar-refractivity contribution is -0.384. The van der Waals surface area contributed by atoms with Crippen LogP contribution in [-0.2, 0) is 7.05 Å². The molecule has 0 unspecified atom stereocenters. The average molecular weight is 255 g/mol. The van der Waals surface area contributed by atoms with Gasteiger partial charge in [0.15, 0.2) is 0 Å². The number of nitro groups is 1.